The van der Waals surface area contributed by atoms with Crippen molar-refractivity contribution in [1.29, 1.82) is 0 Å². The number of piperidine rings is 1. The van der Waals surface area contributed by atoms with Crippen molar-refractivity contribution in [1.82, 2.24) is 4.90 Å². The van der Waals surface area contributed by atoms with E-state index in [-0.39, 0.29) is 40.3 Å². The molecule has 4 rings (SSSR count). The third kappa shape index (κ3) is 4.41. The molecule has 0 radical (unpaired) electrons. The summed E-state index contributed by atoms with van der Waals surface area (Å²) in [5, 5.41) is 21.5. The molecule has 1 aromatic heterocycles. The molecule has 4 N–H and O–H groups in total. The SMILES string of the molecule is [2H][C@]1(c2c(O)cc(OP(=O)(O)O)c3c(=O)cc(-c4ccccc4Cl)oc23)CCN(C)C[C@H]1O. The molecule has 0 spiro atoms. The zero-order valence-electron chi connectivity index (χ0n) is 17.9. The summed E-state index contributed by atoms with van der Waals surface area (Å²) in [6.45, 7) is 0.538. The Bertz CT molecular complexity index is 1340. The largest absolute Gasteiger partial charge is 0.524 e. The lowest BCUT2D eigenvalue weighted by Gasteiger charge is -2.34. The molecular formula is C21H21ClNO8P. The van der Waals surface area contributed by atoms with Gasteiger partial charge in [-0.15, -0.1) is 0 Å². The second-order valence-corrected chi connectivity index (χ2v) is 9.13. The number of fused-ring (bicyclic) bond motifs is 1. The molecule has 1 saturated heterocycles. The normalized spacial score (nSPS) is 22.7. The minimum absolute atomic E-state index is 0.0121. The van der Waals surface area contributed by atoms with E-state index in [1.807, 2.05) is 4.90 Å². The minimum Gasteiger partial charge on any atom is -0.507 e. The smallest absolute Gasteiger partial charge is 0.507 e. The second-order valence-electron chi connectivity index (χ2n) is 7.56. The number of halogens is 1. The van der Waals surface area contributed by atoms with Crippen molar-refractivity contribution in [3.8, 4) is 22.8 Å². The van der Waals surface area contributed by atoms with Gasteiger partial charge in [-0.1, -0.05) is 23.7 Å². The summed E-state index contributed by atoms with van der Waals surface area (Å²) in [5.41, 5.74) is -0.878. The molecule has 0 bridgehead atoms. The van der Waals surface area contributed by atoms with Gasteiger partial charge in [0.15, 0.2) is 5.43 Å². The fourth-order valence-electron chi connectivity index (χ4n) is 3.86. The Morgan fingerprint density at radius 3 is 2.69 bits per heavy atom. The van der Waals surface area contributed by atoms with Crippen LogP contribution in [0.15, 0.2) is 45.6 Å². The van der Waals surface area contributed by atoms with E-state index in [1.54, 1.807) is 31.3 Å². The van der Waals surface area contributed by atoms with Gasteiger partial charge >= 0.3 is 7.82 Å². The average Bonchev–Trinajstić information content (AvgIpc) is 2.69. The van der Waals surface area contributed by atoms with Crippen LogP contribution in [0.25, 0.3) is 22.3 Å². The Balaban J connectivity index is 2.08. The van der Waals surface area contributed by atoms with E-state index < -0.39 is 36.7 Å². The first-order valence-electron chi connectivity index (χ1n) is 10.1. The molecule has 1 fully saturated rings. The van der Waals surface area contributed by atoms with E-state index in [0.29, 0.717) is 12.1 Å². The number of β-amino-alcohol motifs (C(OH)–C–C–N with tert-alkyl or cyclic N) is 1. The van der Waals surface area contributed by atoms with Crippen molar-refractivity contribution in [2.75, 3.05) is 20.1 Å². The molecule has 2 aromatic carbocycles. The molecule has 3 aromatic rings. The summed E-state index contributed by atoms with van der Waals surface area (Å²) in [6, 6.07) is 8.47. The van der Waals surface area contributed by atoms with Crippen LogP contribution in [0.1, 0.15) is 19.2 Å². The van der Waals surface area contributed by atoms with E-state index in [1.165, 1.54) is 0 Å². The molecule has 1 aliphatic heterocycles. The number of hydrogen-bond donors (Lipinski definition) is 4. The maximum atomic E-state index is 13.1. The van der Waals surface area contributed by atoms with E-state index in [9.17, 15) is 29.4 Å². The highest BCUT2D eigenvalue weighted by atomic mass is 35.5. The molecule has 170 valence electrons. The highest BCUT2D eigenvalue weighted by Crippen LogP contribution is 2.47. The van der Waals surface area contributed by atoms with Crippen molar-refractivity contribution in [2.24, 2.45) is 0 Å². The molecule has 0 saturated carbocycles. The van der Waals surface area contributed by atoms with Gasteiger partial charge in [0.05, 0.1) is 11.1 Å². The second kappa shape index (κ2) is 8.51. The number of aromatic hydroxyl groups is 1. The fraction of sp³-hybridized carbons (Fsp3) is 0.286. The highest BCUT2D eigenvalue weighted by molar-refractivity contribution is 7.46. The van der Waals surface area contributed by atoms with Crippen LogP contribution < -0.4 is 9.95 Å². The molecule has 32 heavy (non-hydrogen) atoms. The Morgan fingerprint density at radius 1 is 1.31 bits per heavy atom. The Labute approximate surface area is 189 Å². The zero-order valence-corrected chi connectivity index (χ0v) is 18.5. The molecule has 0 aliphatic carbocycles. The number of nitrogens with zero attached hydrogens (tertiary/aromatic N) is 1. The van der Waals surface area contributed by atoms with Crippen molar-refractivity contribution in [3.05, 3.63) is 57.2 Å². The maximum absolute atomic E-state index is 13.1. The molecule has 0 unspecified atom stereocenters. The van der Waals surface area contributed by atoms with E-state index in [2.05, 4.69) is 4.52 Å². The third-order valence-corrected chi connectivity index (χ3v) is 6.04. The van der Waals surface area contributed by atoms with Crippen molar-refractivity contribution < 1.29 is 34.9 Å². The molecule has 9 nitrogen and oxygen atoms in total. The molecule has 11 heteroatoms. The molecule has 2 atom stereocenters. The number of rotatable bonds is 4. The van der Waals surface area contributed by atoms with E-state index in [0.717, 1.165) is 12.1 Å². The van der Waals surface area contributed by atoms with Crippen molar-refractivity contribution in [3.63, 3.8) is 0 Å². The maximum Gasteiger partial charge on any atom is 0.524 e. The van der Waals surface area contributed by atoms with Crippen molar-refractivity contribution in [2.45, 2.75) is 18.4 Å². The van der Waals surface area contributed by atoms with E-state index in [4.69, 9.17) is 17.4 Å². The first kappa shape index (κ1) is 21.5. The summed E-state index contributed by atoms with van der Waals surface area (Å²) in [4.78, 5) is 33.5. The van der Waals surface area contributed by atoms with Gasteiger partial charge in [-0.3, -0.25) is 14.6 Å². The summed E-state index contributed by atoms with van der Waals surface area (Å²) < 4.78 is 31.1. The Morgan fingerprint density at radius 2 is 2.03 bits per heavy atom. The van der Waals surface area contributed by atoms with Gasteiger partial charge in [-0.25, -0.2) is 4.57 Å². The summed E-state index contributed by atoms with van der Waals surface area (Å²) >= 11 is 6.25. The van der Waals surface area contributed by atoms with Crippen LogP contribution in [0.2, 0.25) is 5.02 Å². The average molecular weight is 483 g/mol. The highest BCUT2D eigenvalue weighted by Gasteiger charge is 2.34. The van der Waals surface area contributed by atoms with Gasteiger partial charge in [0.1, 0.15) is 28.2 Å². The number of likely N-dealkylation sites (tertiary alicyclic amines) is 1. The number of phosphoric ester groups is 1. The number of aliphatic hydroxyl groups excluding tert-OH is 1. The predicted molar refractivity (Wildman–Crippen MR) is 118 cm³/mol. The van der Waals surface area contributed by atoms with Crippen molar-refractivity contribution >= 4 is 30.4 Å². The van der Waals surface area contributed by atoms with Crippen LogP contribution in [-0.2, 0) is 4.57 Å². The van der Waals surface area contributed by atoms with E-state index >= 15 is 0 Å². The van der Waals surface area contributed by atoms with Crippen LogP contribution in [0.4, 0.5) is 0 Å². The number of phenolic OH excluding ortho intramolecular Hbond substituents is 1. The number of benzene rings is 2. The number of phosphoric acid groups is 1. The zero-order chi connectivity index (χ0) is 24.1. The van der Waals surface area contributed by atoms with Gasteiger partial charge in [-0.05, 0) is 32.1 Å². The summed E-state index contributed by atoms with van der Waals surface area (Å²) in [6.07, 6.45) is -1.17. The molecule has 2 heterocycles. The van der Waals surface area contributed by atoms with Crippen LogP contribution in [-0.4, -0.2) is 51.1 Å². The van der Waals surface area contributed by atoms with Gasteiger partial charge < -0.3 is 24.1 Å². The minimum atomic E-state index is -5.11. The Hall–Kier alpha value is -2.39. The lowest BCUT2D eigenvalue weighted by molar-refractivity contribution is 0.0630. The predicted octanol–water partition coefficient (Wildman–Crippen LogP) is 3.07. The monoisotopic (exact) mass is 482 g/mol. The first-order valence-corrected chi connectivity index (χ1v) is 11.5. The van der Waals surface area contributed by atoms with Crippen LogP contribution >= 0.6 is 19.4 Å². The van der Waals surface area contributed by atoms with Gasteiger partial charge in [0.25, 0.3) is 0 Å². The number of likely N-dealkylation sites (N-methyl/N-ethyl adjacent to an activating group) is 1. The summed E-state index contributed by atoms with van der Waals surface area (Å²) in [7, 11) is -3.34. The van der Waals surface area contributed by atoms with Gasteiger partial charge in [0, 0.05) is 37.1 Å². The van der Waals surface area contributed by atoms with Gasteiger partial charge in [-0.2, -0.15) is 0 Å². The standard InChI is InChI=1S/C21H21ClNO8P/c1-23-7-6-12(16(26)10-23)19-14(24)9-18(31-32(27,28)29)20-15(25)8-17(30-21(19)20)11-4-2-3-5-13(11)22/h2-5,8-9,12,16,24,26H,6-7,10H2,1H3,(H2,27,28,29)/t12-,16+/m0/s1/i12D. The van der Waals surface area contributed by atoms with Gasteiger partial charge in [0.2, 0.25) is 0 Å². The quantitative estimate of drug-likeness (QED) is 0.413. The third-order valence-electron chi connectivity index (χ3n) is 5.27. The topological polar surface area (TPSA) is 141 Å². The van der Waals surface area contributed by atoms with Crippen LogP contribution in [0.3, 0.4) is 0 Å². The van der Waals surface area contributed by atoms with Crippen LogP contribution in [0, 0.1) is 0 Å². The number of aliphatic hydroxyl groups is 1. The lowest BCUT2D eigenvalue weighted by Crippen LogP contribution is -2.40. The lowest BCUT2D eigenvalue weighted by atomic mass is 9.85. The fourth-order valence-corrected chi connectivity index (χ4v) is 4.49. The number of hydrogen-bond acceptors (Lipinski definition) is 7. The molecular weight excluding hydrogens is 461 g/mol. The first-order chi connectivity index (χ1) is 15.4. The Kier molecular flexibility index (Phi) is 5.71. The number of phenols is 1. The molecule has 0 amide bonds. The molecule has 1 aliphatic rings. The van der Waals surface area contributed by atoms with Crippen LogP contribution in [0.5, 0.6) is 11.5 Å². The summed E-state index contributed by atoms with van der Waals surface area (Å²) in [5.74, 6) is -2.97.